The molecule has 2 fully saturated rings. The minimum atomic E-state index is -3.20. The van der Waals surface area contributed by atoms with Crippen molar-refractivity contribution in [1.82, 2.24) is 0 Å². The molecule has 2 aliphatic carbocycles. The summed E-state index contributed by atoms with van der Waals surface area (Å²) < 4.78 is 34.7. The summed E-state index contributed by atoms with van der Waals surface area (Å²) in [6.07, 6.45) is 17.8. The van der Waals surface area contributed by atoms with E-state index in [-0.39, 0.29) is 0 Å². The van der Waals surface area contributed by atoms with Crippen molar-refractivity contribution < 1.29 is 9.13 Å². The molecule has 1 atom stereocenters. The zero-order valence-corrected chi connectivity index (χ0v) is 100. The molecule has 648 valence electrons. The molecule has 0 amide bonds. The summed E-state index contributed by atoms with van der Waals surface area (Å²) in [6.45, 7) is 0. The van der Waals surface area contributed by atoms with E-state index in [2.05, 4.69) is 203 Å². The van der Waals surface area contributed by atoms with E-state index < -0.39 is 64.9 Å². The molecule has 0 aromatic heterocycles. The minimum absolute atomic E-state index is 0.543. The van der Waals surface area contributed by atoms with Crippen molar-refractivity contribution in [2.45, 2.75) is 105 Å². The van der Waals surface area contributed by atoms with E-state index in [4.69, 9.17) is 38.2 Å². The van der Waals surface area contributed by atoms with E-state index in [9.17, 15) is 10.5 Å². The molecular formula is C85H78Br4N7O2P3S22Sn2. The van der Waals surface area contributed by atoms with Gasteiger partial charge in [0, 0.05) is 277 Å². The molecule has 0 bridgehead atoms. The second kappa shape index (κ2) is 61.1. The van der Waals surface area contributed by atoms with Gasteiger partial charge in [-0.25, -0.2) is 0 Å². The summed E-state index contributed by atoms with van der Waals surface area (Å²) in [5.41, 5.74) is 10.9. The third-order valence-corrected chi connectivity index (χ3v) is 62.7. The molecule has 2 radical (unpaired) electrons. The molecule has 10 aromatic rings. The van der Waals surface area contributed by atoms with Gasteiger partial charge in [-0.1, -0.05) is 234 Å². The predicted molar refractivity (Wildman–Crippen MR) is 613 cm³/mol. The van der Waals surface area contributed by atoms with E-state index in [0.717, 1.165) is 151 Å². The Kier molecular flexibility index (Phi) is 54.7. The Morgan fingerprint density at radius 3 is 0.768 bits per heavy atom. The first-order valence-electron chi connectivity index (χ1n) is 37.0. The van der Waals surface area contributed by atoms with Crippen molar-refractivity contribution in [1.29, 1.82) is 26.3 Å². The van der Waals surface area contributed by atoms with Crippen molar-refractivity contribution in [3.05, 3.63) is 253 Å². The first-order valence-corrected chi connectivity index (χ1v) is 88.0. The fourth-order valence-electron chi connectivity index (χ4n) is 12.6. The fourth-order valence-corrected chi connectivity index (χ4v) is 60.3. The third kappa shape index (κ3) is 34.7. The number of azo groups is 1. The van der Waals surface area contributed by atoms with Crippen LogP contribution in [0.3, 0.4) is 0 Å². The van der Waals surface area contributed by atoms with E-state index in [1.54, 1.807) is 149 Å². The number of nitrogens with zero attached hydrogens (tertiary/aromatic N) is 7. The van der Waals surface area contributed by atoms with Crippen LogP contribution in [0.4, 0.5) is 0 Å². The molecule has 14 rings (SSSR count). The maximum absolute atomic E-state index is 15.2. The van der Waals surface area contributed by atoms with Gasteiger partial charge in [0.1, 0.15) is 0 Å². The molecule has 0 spiro atoms. The van der Waals surface area contributed by atoms with Gasteiger partial charge in [0.05, 0.1) is 47.0 Å². The second-order valence-electron chi connectivity index (χ2n) is 27.4. The van der Waals surface area contributed by atoms with E-state index in [0.29, 0.717) is 16.7 Å². The monoisotopic (exact) mass is 2580 g/mol. The predicted octanol–water partition coefficient (Wildman–Crippen LogP) is 22.3. The molecule has 0 saturated heterocycles. The summed E-state index contributed by atoms with van der Waals surface area (Å²) in [4.78, 5) is 14.2. The van der Waals surface area contributed by atoms with Crippen molar-refractivity contribution in [3.8, 4) is 98.8 Å². The normalized spacial score (nSPS) is 13.2. The van der Waals surface area contributed by atoms with Crippen LogP contribution < -0.4 is 37.1 Å². The van der Waals surface area contributed by atoms with Crippen LogP contribution in [0.25, 0.3) is 55.6 Å². The van der Waals surface area contributed by atoms with Crippen molar-refractivity contribution in [2.75, 3.05) is 0 Å². The first-order chi connectivity index (χ1) is 60.4. The van der Waals surface area contributed by atoms with E-state index >= 15 is 9.13 Å². The maximum atomic E-state index is 15.2. The van der Waals surface area contributed by atoms with Crippen LogP contribution >= 0.6 is 87.2 Å². The molecule has 10 aromatic carbocycles. The van der Waals surface area contributed by atoms with Crippen LogP contribution in [-0.2, 0) is 214 Å². The molecular weight excluding hydrogens is 2510 g/mol. The molecule has 1 unspecified atom stereocenters. The van der Waals surface area contributed by atoms with Gasteiger partial charge < -0.3 is 9.13 Å². The average Bonchev–Trinajstić information content (AvgIpc) is 1.50. The second-order valence-corrected chi connectivity index (χ2v) is 85.8. The Bertz CT molecular complexity index is 6300. The van der Waals surface area contributed by atoms with E-state index in [1.165, 1.54) is 59.2 Å². The number of benzene rings is 10. The van der Waals surface area contributed by atoms with Crippen LogP contribution in [0.5, 0.6) is 0 Å². The fraction of sp³-hybridized carbons (Fsp3) is 0.212. The number of hydrogen-bond donors (Lipinski definition) is 0. The molecule has 125 heavy (non-hydrogen) atoms. The quantitative estimate of drug-likeness (QED) is 0.0612. The molecule has 4 aliphatic rings. The summed E-state index contributed by atoms with van der Waals surface area (Å²) in [6, 6.07) is 81.1. The zero-order chi connectivity index (χ0) is 91.2. The van der Waals surface area contributed by atoms with Crippen LogP contribution in [0.1, 0.15) is 80.9 Å². The number of halogens is 4. The van der Waals surface area contributed by atoms with Gasteiger partial charge in [0.25, 0.3) is 0 Å². The van der Waals surface area contributed by atoms with Crippen LogP contribution in [-0.4, -0.2) is 50.6 Å². The van der Waals surface area contributed by atoms with Gasteiger partial charge >= 0.3 is 69.2 Å². The average molecular weight is 2590 g/mol. The number of hydrogen-bond acceptors (Lipinski definition) is 13. The number of nitriles is 5. The van der Waals surface area contributed by atoms with E-state index in [1.807, 2.05) is 170 Å². The van der Waals surface area contributed by atoms with Crippen LogP contribution in [0.15, 0.2) is 247 Å². The number of terminal acetylenes is 1. The summed E-state index contributed by atoms with van der Waals surface area (Å²) in [7, 11) is 25.8. The molecule has 0 N–H and O–H groups in total. The van der Waals surface area contributed by atoms with Crippen molar-refractivity contribution >= 4 is 368 Å². The number of rotatable bonds is 8. The van der Waals surface area contributed by atoms with Crippen LogP contribution in [0.2, 0.25) is 29.6 Å². The third-order valence-electron chi connectivity index (χ3n) is 17.9. The molecule has 2 saturated carbocycles. The summed E-state index contributed by atoms with van der Waals surface area (Å²) >= 11 is 31.4. The van der Waals surface area contributed by atoms with Gasteiger partial charge in [0.15, 0.2) is 25.4 Å². The SMILES string of the molecule is Brc1cccc(Br)c1-c1c(Br)cccc1Br.C#C.N#CC1(N=NC2(C#N)CCCCC2)CCCCC1.N#Cc1ccc(-c2ccc(P)cc2)cc1.N#Cc1ccc(-c2ccc(P3(=O)c4cccc5c4-c4c3cccc4P5(=O)c3ccc(-c4ccc(C#N)cc4)cc3)cc2)cc1.S=S=S=S.S=S=S=S=S=S=S=S=S=S=S=S=S=S=S=S=S=S.[CH3][Sn]([CH3])[CH3].[CH3][Sn]([CH3])[CH3]. The molecule has 9 nitrogen and oxygen atoms in total. The molecule has 2 heterocycles. The Hall–Kier alpha value is -1.94. The van der Waals surface area contributed by atoms with Gasteiger partial charge in [-0.15, -0.1) is 22.1 Å². The molecule has 2 aliphatic heterocycles. The Morgan fingerprint density at radius 2 is 0.552 bits per heavy atom. The molecule has 40 heteroatoms. The zero-order valence-electron chi connectivity index (χ0n) is 67.4. The van der Waals surface area contributed by atoms with Crippen molar-refractivity contribution in [3.63, 3.8) is 0 Å². The Balaban J connectivity index is 0.000000251. The van der Waals surface area contributed by atoms with Gasteiger partial charge in [-0.3, -0.25) is 0 Å². The van der Waals surface area contributed by atoms with Gasteiger partial charge in [-0.05, 0) is 151 Å². The first kappa shape index (κ1) is 112. The Morgan fingerprint density at radius 1 is 0.336 bits per heavy atom. The summed E-state index contributed by atoms with van der Waals surface area (Å²) in [5, 5.41) is 59.9. The van der Waals surface area contributed by atoms with Crippen LogP contribution in [0, 0.1) is 69.5 Å². The van der Waals surface area contributed by atoms with Gasteiger partial charge in [0.2, 0.25) is 0 Å². The summed E-state index contributed by atoms with van der Waals surface area (Å²) in [5.74, 6) is 0. The van der Waals surface area contributed by atoms with Gasteiger partial charge in [-0.2, -0.15) is 36.5 Å². The Labute approximate surface area is 857 Å². The standard InChI is InChI=1S/C38H22N2O2P2.C14H20N4.C13H10NP.C12H6Br4.C2H2.6CH3.S18.S4.2Sn/c39-23-25-7-11-27(12-8-25)29-15-19-31(20-16-29)43(41)33-3-1-4-34-37(33)38-35(43)5-2-6-36(38)44(34,42)32-21-17-30(18-22-32)28-13-9-26(24-40)10-14-28;15-11-13(7-3-1-4-8-13)17-18-14(12-16)9-5-2-6-10-14;14-9-10-1-3-11(4-2-10)12-5-7-13(15)8-6-12;13-7-3-1-4-8(14)11(7)12-9(15)5-2-6-10(12)16;1-2;;;;;;;1-3-5-7-9-11-13-15-17-18-16-14-12-10-8-6-4-2;1-3-4-2;;/h1-22H;1-10H2;1-8H,15H2;1-6H;1-2H;6*1H3;;;;. The van der Waals surface area contributed by atoms with Crippen molar-refractivity contribution in [2.24, 2.45) is 10.2 Å². The topological polar surface area (TPSA) is 178 Å².